The van der Waals surface area contributed by atoms with Crippen LogP contribution in [0.5, 0.6) is 0 Å². The van der Waals surface area contributed by atoms with Crippen molar-refractivity contribution in [3.63, 3.8) is 0 Å². The van der Waals surface area contributed by atoms with Gasteiger partial charge in [-0.05, 0) is 45.1 Å². The Kier molecular flexibility index (Phi) is 6.64. The standard InChI is InChI=1S/C10H25NOSi/c1-6-11-8-10(3)9-13(4,5)12-7-2/h10-11H,6-9H2,1-5H3. The van der Waals surface area contributed by atoms with Crippen LogP contribution in [-0.2, 0) is 4.43 Å². The molecule has 1 atom stereocenters. The van der Waals surface area contributed by atoms with Crippen molar-refractivity contribution in [2.75, 3.05) is 19.7 Å². The molecular formula is C10H25NOSi. The van der Waals surface area contributed by atoms with Gasteiger partial charge in [-0.25, -0.2) is 0 Å². The summed E-state index contributed by atoms with van der Waals surface area (Å²) < 4.78 is 5.79. The summed E-state index contributed by atoms with van der Waals surface area (Å²) in [4.78, 5) is 0. The Hall–Kier alpha value is 0.137. The van der Waals surface area contributed by atoms with Gasteiger partial charge in [0, 0.05) is 6.61 Å². The molecule has 0 aromatic heterocycles. The normalized spacial score (nSPS) is 14.5. The van der Waals surface area contributed by atoms with E-state index in [0.717, 1.165) is 25.6 Å². The first kappa shape index (κ1) is 13.1. The molecule has 0 aliphatic carbocycles. The van der Waals surface area contributed by atoms with E-state index in [1.165, 1.54) is 6.04 Å². The molecule has 0 spiro atoms. The summed E-state index contributed by atoms with van der Waals surface area (Å²) in [6, 6.07) is 1.26. The average Bonchev–Trinajstić information content (AvgIpc) is 1.99. The van der Waals surface area contributed by atoms with Crippen molar-refractivity contribution in [2.24, 2.45) is 5.92 Å². The molecular weight excluding hydrogens is 178 g/mol. The van der Waals surface area contributed by atoms with Crippen LogP contribution in [0.25, 0.3) is 0 Å². The Morgan fingerprint density at radius 1 is 1.31 bits per heavy atom. The van der Waals surface area contributed by atoms with E-state index in [2.05, 4.69) is 39.2 Å². The van der Waals surface area contributed by atoms with Crippen molar-refractivity contribution in [2.45, 2.75) is 39.9 Å². The van der Waals surface area contributed by atoms with E-state index in [1.54, 1.807) is 0 Å². The van der Waals surface area contributed by atoms with E-state index in [0.29, 0.717) is 0 Å². The number of nitrogens with one attached hydrogen (secondary N) is 1. The molecule has 0 rings (SSSR count). The van der Waals surface area contributed by atoms with Gasteiger partial charge in [0.15, 0.2) is 8.32 Å². The monoisotopic (exact) mass is 203 g/mol. The third-order valence-corrected chi connectivity index (χ3v) is 4.87. The molecule has 0 bridgehead atoms. The quantitative estimate of drug-likeness (QED) is 0.642. The molecule has 3 heteroatoms. The van der Waals surface area contributed by atoms with Gasteiger partial charge in [-0.3, -0.25) is 0 Å². The number of hydrogen-bond acceptors (Lipinski definition) is 2. The molecule has 0 radical (unpaired) electrons. The van der Waals surface area contributed by atoms with Gasteiger partial charge in [0.1, 0.15) is 0 Å². The lowest BCUT2D eigenvalue weighted by Gasteiger charge is -2.25. The minimum Gasteiger partial charge on any atom is -0.418 e. The van der Waals surface area contributed by atoms with Gasteiger partial charge in [0.25, 0.3) is 0 Å². The summed E-state index contributed by atoms with van der Waals surface area (Å²) in [5.41, 5.74) is 0. The molecule has 1 N–H and O–H groups in total. The second-order valence-electron chi connectivity index (χ2n) is 4.31. The number of hydrogen-bond donors (Lipinski definition) is 1. The van der Waals surface area contributed by atoms with Gasteiger partial charge < -0.3 is 9.74 Å². The molecule has 0 aliphatic heterocycles. The average molecular weight is 203 g/mol. The van der Waals surface area contributed by atoms with E-state index in [-0.39, 0.29) is 0 Å². The maximum Gasteiger partial charge on any atom is 0.187 e. The maximum atomic E-state index is 5.79. The molecule has 0 heterocycles. The molecule has 0 fully saturated rings. The summed E-state index contributed by atoms with van der Waals surface area (Å²) in [5.74, 6) is 0.744. The summed E-state index contributed by atoms with van der Waals surface area (Å²) in [6.45, 7) is 14.2. The SMILES string of the molecule is CCNCC(C)C[Si](C)(C)OCC. The predicted molar refractivity (Wildman–Crippen MR) is 61.6 cm³/mol. The van der Waals surface area contributed by atoms with Crippen LogP contribution >= 0.6 is 0 Å². The molecule has 0 aromatic rings. The Morgan fingerprint density at radius 3 is 2.38 bits per heavy atom. The van der Waals surface area contributed by atoms with Crippen molar-refractivity contribution < 1.29 is 4.43 Å². The van der Waals surface area contributed by atoms with Crippen molar-refractivity contribution in [3.8, 4) is 0 Å². The molecule has 1 unspecified atom stereocenters. The van der Waals surface area contributed by atoms with E-state index in [1.807, 2.05) is 0 Å². The third kappa shape index (κ3) is 7.23. The second-order valence-corrected chi connectivity index (χ2v) is 8.53. The molecule has 0 saturated heterocycles. The molecule has 2 nitrogen and oxygen atoms in total. The highest BCUT2D eigenvalue weighted by atomic mass is 28.4. The minimum absolute atomic E-state index is 0.744. The van der Waals surface area contributed by atoms with Crippen LogP contribution in [0.1, 0.15) is 20.8 Å². The Balaban J connectivity index is 3.68. The maximum absolute atomic E-state index is 5.79. The highest BCUT2D eigenvalue weighted by Gasteiger charge is 2.24. The van der Waals surface area contributed by atoms with Crippen LogP contribution in [0.3, 0.4) is 0 Å². The fourth-order valence-corrected chi connectivity index (χ4v) is 4.47. The fourth-order valence-electron chi connectivity index (χ4n) is 1.75. The van der Waals surface area contributed by atoms with Gasteiger partial charge >= 0.3 is 0 Å². The highest BCUT2D eigenvalue weighted by molar-refractivity contribution is 6.71. The summed E-state index contributed by atoms with van der Waals surface area (Å²) in [5, 5.41) is 3.38. The summed E-state index contributed by atoms with van der Waals surface area (Å²) in [7, 11) is -1.36. The summed E-state index contributed by atoms with van der Waals surface area (Å²) in [6.07, 6.45) is 0. The second kappa shape index (κ2) is 6.57. The Bertz CT molecular complexity index is 128. The van der Waals surface area contributed by atoms with E-state index in [9.17, 15) is 0 Å². The van der Waals surface area contributed by atoms with Crippen LogP contribution < -0.4 is 5.32 Å². The molecule has 0 amide bonds. The minimum atomic E-state index is -1.36. The number of rotatable bonds is 7. The van der Waals surface area contributed by atoms with Gasteiger partial charge in [-0.15, -0.1) is 0 Å². The van der Waals surface area contributed by atoms with Crippen molar-refractivity contribution in [1.29, 1.82) is 0 Å². The Labute approximate surface area is 84.2 Å². The van der Waals surface area contributed by atoms with Gasteiger partial charge in [0.05, 0.1) is 0 Å². The topological polar surface area (TPSA) is 21.3 Å². The zero-order chi connectivity index (χ0) is 10.3. The van der Waals surface area contributed by atoms with Gasteiger partial charge in [0.2, 0.25) is 0 Å². The first-order valence-corrected chi connectivity index (χ1v) is 8.48. The lowest BCUT2D eigenvalue weighted by Crippen LogP contribution is -2.35. The summed E-state index contributed by atoms with van der Waals surface area (Å²) >= 11 is 0. The molecule has 80 valence electrons. The van der Waals surface area contributed by atoms with Crippen LogP contribution in [0.4, 0.5) is 0 Å². The van der Waals surface area contributed by atoms with E-state index < -0.39 is 8.32 Å². The molecule has 13 heavy (non-hydrogen) atoms. The van der Waals surface area contributed by atoms with E-state index >= 15 is 0 Å². The van der Waals surface area contributed by atoms with Crippen molar-refractivity contribution in [1.82, 2.24) is 5.32 Å². The van der Waals surface area contributed by atoms with Gasteiger partial charge in [-0.2, -0.15) is 0 Å². The van der Waals surface area contributed by atoms with Crippen molar-refractivity contribution in [3.05, 3.63) is 0 Å². The van der Waals surface area contributed by atoms with Crippen LogP contribution in [0.2, 0.25) is 19.1 Å². The third-order valence-electron chi connectivity index (χ3n) is 2.12. The lowest BCUT2D eigenvalue weighted by atomic mass is 10.2. The van der Waals surface area contributed by atoms with E-state index in [4.69, 9.17) is 4.43 Å². The lowest BCUT2D eigenvalue weighted by molar-refractivity contribution is 0.322. The molecule has 0 aliphatic rings. The predicted octanol–water partition coefficient (Wildman–Crippen LogP) is 2.47. The highest BCUT2D eigenvalue weighted by Crippen LogP contribution is 2.17. The zero-order valence-corrected chi connectivity index (χ0v) is 10.8. The zero-order valence-electron chi connectivity index (χ0n) is 9.81. The first-order valence-electron chi connectivity index (χ1n) is 5.36. The Morgan fingerprint density at radius 2 is 1.92 bits per heavy atom. The van der Waals surface area contributed by atoms with Crippen LogP contribution in [-0.4, -0.2) is 28.0 Å². The van der Waals surface area contributed by atoms with Gasteiger partial charge in [-0.1, -0.05) is 13.8 Å². The smallest absolute Gasteiger partial charge is 0.187 e. The molecule has 0 aromatic carbocycles. The van der Waals surface area contributed by atoms with Crippen LogP contribution in [0, 0.1) is 5.92 Å². The largest absolute Gasteiger partial charge is 0.418 e. The fraction of sp³-hybridized carbons (Fsp3) is 1.00. The molecule has 0 saturated carbocycles. The van der Waals surface area contributed by atoms with Crippen molar-refractivity contribution >= 4 is 8.32 Å². The van der Waals surface area contributed by atoms with Crippen LogP contribution in [0.15, 0.2) is 0 Å². The first-order chi connectivity index (χ1) is 6.02.